The highest BCUT2D eigenvalue weighted by atomic mass is 19.3. The molecule has 0 heterocycles. The van der Waals surface area contributed by atoms with Gasteiger partial charge in [0.05, 0.1) is 21.3 Å². The number of methoxy groups -OCH3 is 3. The Morgan fingerprint density at radius 2 is 1.90 bits per heavy atom. The van der Waals surface area contributed by atoms with Crippen molar-refractivity contribution in [2.24, 2.45) is 5.41 Å². The van der Waals surface area contributed by atoms with E-state index in [4.69, 9.17) is 9.47 Å². The molecule has 2 rings (SSSR count). The van der Waals surface area contributed by atoms with Crippen LogP contribution in [0.1, 0.15) is 15.9 Å². The summed E-state index contributed by atoms with van der Waals surface area (Å²) < 4.78 is 41.6. The summed E-state index contributed by atoms with van der Waals surface area (Å²) in [6.07, 6.45) is -3.66. The maximum atomic E-state index is 13.5. The Hall–Kier alpha value is -2.18. The maximum absolute atomic E-state index is 13.5. The van der Waals surface area contributed by atoms with E-state index in [0.29, 0.717) is 5.75 Å². The van der Waals surface area contributed by atoms with Gasteiger partial charge >= 0.3 is 5.97 Å². The minimum Gasteiger partial charge on any atom is -0.493 e. The van der Waals surface area contributed by atoms with Crippen LogP contribution in [-0.2, 0) is 16.0 Å². The first-order valence-electron chi connectivity index (χ1n) is 6.09. The molecule has 114 valence electrons. The SMILES string of the molecule is COC(=O)C1(C(F)F)Cc2c(ccc(OC)c2OC)C1=O. The fourth-order valence-electron chi connectivity index (χ4n) is 2.59. The van der Waals surface area contributed by atoms with E-state index >= 15 is 0 Å². The van der Waals surface area contributed by atoms with Gasteiger partial charge in [0.15, 0.2) is 22.7 Å². The van der Waals surface area contributed by atoms with Crippen molar-refractivity contribution in [2.75, 3.05) is 21.3 Å². The molecule has 5 nitrogen and oxygen atoms in total. The average molecular weight is 300 g/mol. The van der Waals surface area contributed by atoms with E-state index in [1.54, 1.807) is 0 Å². The van der Waals surface area contributed by atoms with Crippen LogP contribution in [0.15, 0.2) is 12.1 Å². The van der Waals surface area contributed by atoms with Gasteiger partial charge in [-0.3, -0.25) is 9.59 Å². The maximum Gasteiger partial charge on any atom is 0.326 e. The molecule has 0 fully saturated rings. The zero-order valence-electron chi connectivity index (χ0n) is 11.7. The number of carbonyl (C=O) groups excluding carboxylic acids is 2. The largest absolute Gasteiger partial charge is 0.493 e. The average Bonchev–Trinajstić information content (AvgIpc) is 2.79. The fourth-order valence-corrected chi connectivity index (χ4v) is 2.59. The van der Waals surface area contributed by atoms with Gasteiger partial charge in [-0.2, -0.15) is 0 Å². The van der Waals surface area contributed by atoms with Crippen LogP contribution in [0.5, 0.6) is 11.5 Å². The molecule has 0 aromatic heterocycles. The van der Waals surface area contributed by atoms with Crippen LogP contribution in [-0.4, -0.2) is 39.5 Å². The number of rotatable bonds is 4. The molecule has 0 N–H and O–H groups in total. The Kier molecular flexibility index (Phi) is 3.85. The van der Waals surface area contributed by atoms with Crippen LogP contribution in [0.2, 0.25) is 0 Å². The van der Waals surface area contributed by atoms with Crippen molar-refractivity contribution in [3.05, 3.63) is 23.3 Å². The highest BCUT2D eigenvalue weighted by molar-refractivity contribution is 6.17. The molecule has 0 aliphatic heterocycles. The summed E-state index contributed by atoms with van der Waals surface area (Å²) in [7, 11) is 3.70. The molecule has 0 spiro atoms. The van der Waals surface area contributed by atoms with Crippen LogP contribution >= 0.6 is 0 Å². The second-order valence-corrected chi connectivity index (χ2v) is 4.60. The van der Waals surface area contributed by atoms with Crippen LogP contribution in [0.4, 0.5) is 8.78 Å². The molecular weight excluding hydrogens is 286 g/mol. The molecule has 21 heavy (non-hydrogen) atoms. The Morgan fingerprint density at radius 1 is 1.24 bits per heavy atom. The molecule has 1 unspecified atom stereocenters. The van der Waals surface area contributed by atoms with Crippen LogP contribution in [0, 0.1) is 5.41 Å². The first-order valence-corrected chi connectivity index (χ1v) is 6.09. The minimum atomic E-state index is -3.18. The third-order valence-corrected chi connectivity index (χ3v) is 3.68. The van der Waals surface area contributed by atoms with E-state index in [1.807, 2.05) is 0 Å². The zero-order valence-corrected chi connectivity index (χ0v) is 11.7. The summed E-state index contributed by atoms with van der Waals surface area (Å²) in [5.41, 5.74) is -2.26. The number of benzene rings is 1. The first-order chi connectivity index (χ1) is 9.93. The quantitative estimate of drug-likeness (QED) is 0.627. The molecule has 0 saturated carbocycles. The fraction of sp³-hybridized carbons (Fsp3) is 0.429. The third-order valence-electron chi connectivity index (χ3n) is 3.68. The van der Waals surface area contributed by atoms with E-state index in [1.165, 1.54) is 26.4 Å². The topological polar surface area (TPSA) is 61.8 Å². The summed E-state index contributed by atoms with van der Waals surface area (Å²) in [4.78, 5) is 24.2. The van der Waals surface area contributed by atoms with E-state index in [-0.39, 0.29) is 16.9 Å². The van der Waals surface area contributed by atoms with Crippen LogP contribution in [0.25, 0.3) is 0 Å². The van der Waals surface area contributed by atoms with Crippen molar-refractivity contribution in [2.45, 2.75) is 12.8 Å². The second kappa shape index (κ2) is 5.31. The van der Waals surface area contributed by atoms with Crippen molar-refractivity contribution in [3.8, 4) is 11.5 Å². The number of carbonyl (C=O) groups is 2. The highest BCUT2D eigenvalue weighted by Gasteiger charge is 2.60. The van der Waals surface area contributed by atoms with Gasteiger partial charge in [-0.25, -0.2) is 8.78 Å². The number of ether oxygens (including phenoxy) is 3. The molecule has 0 bridgehead atoms. The van der Waals surface area contributed by atoms with E-state index in [9.17, 15) is 18.4 Å². The lowest BCUT2D eigenvalue weighted by atomic mass is 9.84. The van der Waals surface area contributed by atoms with Gasteiger partial charge in [0.2, 0.25) is 0 Å². The lowest BCUT2D eigenvalue weighted by Crippen LogP contribution is -2.44. The van der Waals surface area contributed by atoms with Crippen molar-refractivity contribution in [1.29, 1.82) is 0 Å². The summed E-state index contributed by atoms with van der Waals surface area (Å²) in [6.45, 7) is 0. The Bertz CT molecular complexity index is 599. The van der Waals surface area contributed by atoms with Gasteiger partial charge in [0, 0.05) is 17.5 Å². The minimum absolute atomic E-state index is 0.0263. The number of Topliss-reactive ketones (excluding diaryl/α,β-unsaturated/α-hetero) is 1. The van der Waals surface area contributed by atoms with Gasteiger partial charge < -0.3 is 14.2 Å². The normalized spacial score (nSPS) is 20.4. The molecule has 0 amide bonds. The number of ketones is 1. The Balaban J connectivity index is 2.65. The molecule has 1 aromatic carbocycles. The van der Waals surface area contributed by atoms with Gasteiger partial charge in [-0.15, -0.1) is 0 Å². The molecule has 1 atom stereocenters. The lowest BCUT2D eigenvalue weighted by Gasteiger charge is -2.22. The van der Waals surface area contributed by atoms with E-state index < -0.39 is 30.0 Å². The first kappa shape index (κ1) is 15.2. The lowest BCUT2D eigenvalue weighted by molar-refractivity contribution is -0.157. The monoisotopic (exact) mass is 300 g/mol. The summed E-state index contributed by atoms with van der Waals surface area (Å²) >= 11 is 0. The smallest absolute Gasteiger partial charge is 0.326 e. The van der Waals surface area contributed by atoms with Crippen molar-refractivity contribution >= 4 is 11.8 Å². The van der Waals surface area contributed by atoms with Crippen molar-refractivity contribution in [3.63, 3.8) is 0 Å². The number of fused-ring (bicyclic) bond motifs is 1. The Labute approximate surface area is 119 Å². The van der Waals surface area contributed by atoms with Crippen LogP contribution in [0.3, 0.4) is 0 Å². The standard InChI is InChI=1S/C14H14F2O5/c1-19-9-5-4-7-8(10(9)20-2)6-14(11(7)17,12(15)16)13(18)21-3/h4-5,12H,6H2,1-3H3. The van der Waals surface area contributed by atoms with Crippen molar-refractivity contribution in [1.82, 2.24) is 0 Å². The number of alkyl halides is 2. The second-order valence-electron chi connectivity index (χ2n) is 4.60. The molecule has 1 aromatic rings. The van der Waals surface area contributed by atoms with Gasteiger partial charge in [0.25, 0.3) is 6.43 Å². The molecule has 7 heteroatoms. The molecular formula is C14H14F2O5. The predicted octanol–water partition coefficient (Wildman–Crippen LogP) is 1.87. The predicted molar refractivity (Wildman–Crippen MR) is 68.0 cm³/mol. The summed E-state index contributed by atoms with van der Waals surface area (Å²) in [5.74, 6) is -1.73. The van der Waals surface area contributed by atoms with Crippen LogP contribution < -0.4 is 9.47 Å². The molecule has 1 aliphatic rings. The summed E-state index contributed by atoms with van der Waals surface area (Å²) in [6, 6.07) is 2.79. The molecule has 1 aliphatic carbocycles. The van der Waals surface area contributed by atoms with Gasteiger partial charge in [-0.05, 0) is 12.1 Å². The number of esters is 1. The number of hydrogen-bond acceptors (Lipinski definition) is 5. The van der Waals surface area contributed by atoms with E-state index in [0.717, 1.165) is 7.11 Å². The third kappa shape index (κ3) is 1.95. The van der Waals surface area contributed by atoms with Crippen molar-refractivity contribution < 1.29 is 32.6 Å². The molecule has 0 radical (unpaired) electrons. The highest BCUT2D eigenvalue weighted by Crippen LogP contribution is 2.48. The number of hydrogen-bond donors (Lipinski definition) is 0. The number of halogens is 2. The van der Waals surface area contributed by atoms with Gasteiger partial charge in [-0.1, -0.05) is 0 Å². The molecule has 0 saturated heterocycles. The summed E-state index contributed by atoms with van der Waals surface area (Å²) in [5, 5.41) is 0. The Morgan fingerprint density at radius 3 is 2.38 bits per heavy atom. The zero-order chi connectivity index (χ0) is 15.8. The van der Waals surface area contributed by atoms with Gasteiger partial charge in [0.1, 0.15) is 0 Å². The van der Waals surface area contributed by atoms with E-state index in [2.05, 4.69) is 4.74 Å².